The lowest BCUT2D eigenvalue weighted by molar-refractivity contribution is -0.384. The second kappa shape index (κ2) is 6.82. The van der Waals surface area contributed by atoms with Gasteiger partial charge in [0.25, 0.3) is 11.6 Å². The van der Waals surface area contributed by atoms with Crippen LogP contribution in [0.2, 0.25) is 0 Å². The summed E-state index contributed by atoms with van der Waals surface area (Å²) in [5.41, 5.74) is 4.20. The van der Waals surface area contributed by atoms with Crippen LogP contribution in [0.15, 0.2) is 60.2 Å². The summed E-state index contributed by atoms with van der Waals surface area (Å²) in [4.78, 5) is 34.4. The van der Waals surface area contributed by atoms with E-state index >= 15 is 0 Å². The summed E-state index contributed by atoms with van der Waals surface area (Å²) in [6, 6.07) is 13.7. The van der Waals surface area contributed by atoms with E-state index in [1.165, 1.54) is 17.0 Å². The molecule has 1 atom stereocenters. The average Bonchev–Trinajstić information content (AvgIpc) is 3.41. The number of non-ortho nitro benzene ring substituents is 1. The largest absolute Gasteiger partial charge is 0.345 e. The van der Waals surface area contributed by atoms with Crippen molar-refractivity contribution >= 4 is 34.0 Å². The molecule has 0 fully saturated rings. The molecule has 4 aromatic rings. The maximum atomic E-state index is 13.4. The third kappa shape index (κ3) is 2.98. The normalized spacial score (nSPS) is 16.0. The number of amides is 1. The lowest BCUT2D eigenvalue weighted by Gasteiger charge is -2.36. The minimum atomic E-state index is -0.414. The molecule has 3 heterocycles. The Bertz CT molecular complexity index is 1230. The lowest BCUT2D eigenvalue weighted by atomic mass is 9.92. The number of nitrogens with one attached hydrogen (secondary N) is 1. The van der Waals surface area contributed by atoms with Crippen molar-refractivity contribution in [2.24, 2.45) is 0 Å². The second-order valence-electron chi connectivity index (χ2n) is 6.93. The average molecular weight is 404 g/mol. The number of H-pyrrole nitrogens is 1. The second-order valence-corrected chi connectivity index (χ2v) is 7.93. The van der Waals surface area contributed by atoms with E-state index in [1.807, 2.05) is 22.4 Å². The SMILES string of the molecule is O=C(c1ccc2[nH]cnc2c1)N1CCc2sccc2C1c1ccc([N+](=O)[O-])cc1. The minimum absolute atomic E-state index is 0.0389. The first-order valence-electron chi connectivity index (χ1n) is 9.16. The molecule has 0 saturated carbocycles. The molecule has 1 aliphatic rings. The molecule has 0 radical (unpaired) electrons. The Kier molecular flexibility index (Phi) is 4.13. The van der Waals surface area contributed by atoms with Crippen molar-refractivity contribution in [3.63, 3.8) is 0 Å². The summed E-state index contributed by atoms with van der Waals surface area (Å²) in [5, 5.41) is 13.1. The molecule has 0 aliphatic carbocycles. The maximum absolute atomic E-state index is 13.4. The molecule has 0 bridgehead atoms. The van der Waals surface area contributed by atoms with Crippen molar-refractivity contribution in [1.29, 1.82) is 0 Å². The van der Waals surface area contributed by atoms with Crippen LogP contribution in [0.4, 0.5) is 5.69 Å². The van der Waals surface area contributed by atoms with Gasteiger partial charge in [-0.1, -0.05) is 0 Å². The number of fused-ring (bicyclic) bond motifs is 2. The van der Waals surface area contributed by atoms with Crippen LogP contribution in [0.5, 0.6) is 0 Å². The quantitative estimate of drug-likeness (QED) is 0.407. The number of aromatic nitrogens is 2. The number of imidazole rings is 1. The number of carbonyl (C=O) groups is 1. The van der Waals surface area contributed by atoms with Crippen LogP contribution in [0.25, 0.3) is 11.0 Å². The van der Waals surface area contributed by atoms with E-state index in [2.05, 4.69) is 9.97 Å². The van der Waals surface area contributed by atoms with E-state index in [0.717, 1.165) is 28.6 Å². The van der Waals surface area contributed by atoms with Gasteiger partial charge in [0, 0.05) is 29.1 Å². The molecule has 1 amide bonds. The number of benzene rings is 2. The maximum Gasteiger partial charge on any atom is 0.269 e. The molecule has 0 saturated heterocycles. The molecule has 1 unspecified atom stereocenters. The third-order valence-electron chi connectivity index (χ3n) is 5.31. The van der Waals surface area contributed by atoms with Crippen molar-refractivity contribution in [1.82, 2.24) is 14.9 Å². The number of nitro groups is 1. The number of rotatable bonds is 3. The van der Waals surface area contributed by atoms with Crippen molar-refractivity contribution in [2.75, 3.05) is 6.54 Å². The van der Waals surface area contributed by atoms with E-state index in [1.54, 1.807) is 41.9 Å². The fourth-order valence-electron chi connectivity index (χ4n) is 3.90. The molecule has 29 heavy (non-hydrogen) atoms. The number of nitrogens with zero attached hydrogens (tertiary/aromatic N) is 3. The number of nitro benzene ring substituents is 1. The number of hydrogen-bond donors (Lipinski definition) is 1. The first-order valence-corrected chi connectivity index (χ1v) is 10.0. The van der Waals surface area contributed by atoms with Crippen LogP contribution in [0.3, 0.4) is 0 Å². The highest BCUT2D eigenvalue weighted by atomic mass is 32.1. The molecule has 8 heteroatoms. The zero-order valence-corrected chi connectivity index (χ0v) is 16.1. The number of carbonyl (C=O) groups excluding carboxylic acids is 1. The molecule has 7 nitrogen and oxygen atoms in total. The summed E-state index contributed by atoms with van der Waals surface area (Å²) in [6.45, 7) is 0.590. The zero-order valence-electron chi connectivity index (χ0n) is 15.2. The van der Waals surface area contributed by atoms with E-state index in [9.17, 15) is 14.9 Å². The molecule has 144 valence electrons. The molecule has 2 aromatic carbocycles. The standard InChI is InChI=1S/C21H16N4O3S/c26-21(14-3-6-17-18(11-14)23-12-22-17)24-9-7-19-16(8-10-29-19)20(24)13-1-4-15(5-2-13)25(27)28/h1-6,8,10-12,20H,7,9H2,(H,22,23). The number of aromatic amines is 1. The first kappa shape index (κ1) is 17.6. The van der Waals surface area contributed by atoms with Gasteiger partial charge in [-0.05, 0) is 59.3 Å². The van der Waals surface area contributed by atoms with E-state index in [4.69, 9.17) is 0 Å². The van der Waals surface area contributed by atoms with Gasteiger partial charge in [0.15, 0.2) is 0 Å². The van der Waals surface area contributed by atoms with E-state index < -0.39 is 4.92 Å². The van der Waals surface area contributed by atoms with Crippen LogP contribution < -0.4 is 0 Å². The monoisotopic (exact) mass is 404 g/mol. The molecule has 1 N–H and O–H groups in total. The Morgan fingerprint density at radius 1 is 1.21 bits per heavy atom. The van der Waals surface area contributed by atoms with Crippen LogP contribution >= 0.6 is 11.3 Å². The highest BCUT2D eigenvalue weighted by Gasteiger charge is 2.33. The zero-order chi connectivity index (χ0) is 20.0. The minimum Gasteiger partial charge on any atom is -0.345 e. The topological polar surface area (TPSA) is 92.1 Å². The van der Waals surface area contributed by atoms with E-state index in [0.29, 0.717) is 12.1 Å². The van der Waals surface area contributed by atoms with Gasteiger partial charge in [-0.15, -0.1) is 11.3 Å². The van der Waals surface area contributed by atoms with Crippen molar-refractivity contribution in [3.8, 4) is 0 Å². The van der Waals surface area contributed by atoms with Crippen molar-refractivity contribution in [3.05, 3.63) is 91.9 Å². The van der Waals surface area contributed by atoms with Gasteiger partial charge in [-0.2, -0.15) is 0 Å². The predicted molar refractivity (Wildman–Crippen MR) is 110 cm³/mol. The number of hydrogen-bond acceptors (Lipinski definition) is 5. The third-order valence-corrected chi connectivity index (χ3v) is 6.31. The summed E-state index contributed by atoms with van der Waals surface area (Å²) in [5.74, 6) is -0.0740. The lowest BCUT2D eigenvalue weighted by Crippen LogP contribution is -2.40. The van der Waals surface area contributed by atoms with Crippen LogP contribution in [0, 0.1) is 10.1 Å². The summed E-state index contributed by atoms with van der Waals surface area (Å²) in [7, 11) is 0. The van der Waals surface area contributed by atoms with Crippen molar-refractivity contribution in [2.45, 2.75) is 12.5 Å². The van der Waals surface area contributed by atoms with Gasteiger partial charge in [-0.25, -0.2) is 4.98 Å². The fraction of sp³-hybridized carbons (Fsp3) is 0.143. The molecule has 5 rings (SSSR count). The Hall–Kier alpha value is -3.52. The van der Waals surface area contributed by atoms with Crippen molar-refractivity contribution < 1.29 is 9.72 Å². The van der Waals surface area contributed by atoms with Gasteiger partial charge in [0.1, 0.15) is 0 Å². The highest BCUT2D eigenvalue weighted by molar-refractivity contribution is 7.10. The van der Waals surface area contributed by atoms with Crippen LogP contribution in [-0.4, -0.2) is 32.2 Å². The molecule has 2 aromatic heterocycles. The Labute approximate surface area is 169 Å². The van der Waals surface area contributed by atoms with Crippen LogP contribution in [-0.2, 0) is 6.42 Å². The fourth-order valence-corrected chi connectivity index (χ4v) is 4.81. The van der Waals surface area contributed by atoms with Gasteiger partial charge < -0.3 is 9.88 Å². The summed E-state index contributed by atoms with van der Waals surface area (Å²) >= 11 is 1.68. The van der Waals surface area contributed by atoms with E-state index in [-0.39, 0.29) is 17.6 Å². The summed E-state index contributed by atoms with van der Waals surface area (Å²) < 4.78 is 0. The Morgan fingerprint density at radius 3 is 2.83 bits per heavy atom. The van der Waals surface area contributed by atoms with Gasteiger partial charge in [0.05, 0.1) is 28.3 Å². The number of thiophene rings is 1. The van der Waals surface area contributed by atoms with Crippen LogP contribution in [0.1, 0.15) is 32.4 Å². The van der Waals surface area contributed by atoms with Gasteiger partial charge in [-0.3, -0.25) is 14.9 Å². The molecule has 1 aliphatic heterocycles. The highest BCUT2D eigenvalue weighted by Crippen LogP contribution is 2.39. The van der Waals surface area contributed by atoms with Gasteiger partial charge in [0.2, 0.25) is 0 Å². The Morgan fingerprint density at radius 2 is 2.03 bits per heavy atom. The predicted octanol–water partition coefficient (Wildman–Crippen LogP) is 4.32. The Balaban J connectivity index is 1.56. The van der Waals surface area contributed by atoms with Gasteiger partial charge >= 0.3 is 0 Å². The molecule has 0 spiro atoms. The molecular weight excluding hydrogens is 388 g/mol. The summed E-state index contributed by atoms with van der Waals surface area (Å²) in [6.07, 6.45) is 2.41. The smallest absolute Gasteiger partial charge is 0.269 e. The molecular formula is C21H16N4O3S. The first-order chi connectivity index (χ1) is 14.1.